The Bertz CT molecular complexity index is 730. The van der Waals surface area contributed by atoms with Gasteiger partial charge in [0, 0.05) is 22.6 Å². The summed E-state index contributed by atoms with van der Waals surface area (Å²) in [6.45, 7) is 3.28. The third-order valence-corrected chi connectivity index (χ3v) is 3.88. The molecule has 2 rings (SSSR count). The predicted octanol–water partition coefficient (Wildman–Crippen LogP) is 2.85. The van der Waals surface area contributed by atoms with Gasteiger partial charge in [0.2, 0.25) is 0 Å². The van der Waals surface area contributed by atoms with Crippen LogP contribution >= 0.6 is 15.9 Å². The molecule has 2 aromatic rings. The van der Waals surface area contributed by atoms with Gasteiger partial charge in [-0.05, 0) is 38.1 Å². The largest absolute Gasteiger partial charge is 0.480 e. The number of carbonyl (C=O) groups excluding carboxylic acids is 1. The normalized spacial score (nSPS) is 12.2. The molecular formula is C15H15BrN2O3. The molecule has 110 valence electrons. The van der Waals surface area contributed by atoms with Crippen molar-refractivity contribution in [2.75, 3.05) is 7.05 Å². The lowest BCUT2D eigenvalue weighted by Gasteiger charge is -2.22. The van der Waals surface area contributed by atoms with Crippen molar-refractivity contribution in [3.8, 4) is 0 Å². The highest BCUT2D eigenvalue weighted by Crippen LogP contribution is 2.24. The van der Waals surface area contributed by atoms with Gasteiger partial charge in [-0.25, -0.2) is 4.79 Å². The summed E-state index contributed by atoms with van der Waals surface area (Å²) in [7, 11) is 1.49. The first-order valence-corrected chi connectivity index (χ1v) is 7.17. The van der Waals surface area contributed by atoms with Crippen LogP contribution in [-0.2, 0) is 4.79 Å². The molecule has 1 aromatic heterocycles. The molecule has 5 nitrogen and oxygen atoms in total. The first-order chi connectivity index (χ1) is 9.81. The van der Waals surface area contributed by atoms with Crippen LogP contribution in [0.4, 0.5) is 0 Å². The lowest BCUT2D eigenvalue weighted by Crippen LogP contribution is -2.40. The van der Waals surface area contributed by atoms with Crippen molar-refractivity contribution in [3.05, 3.63) is 40.0 Å². The second kappa shape index (κ2) is 5.81. The van der Waals surface area contributed by atoms with Crippen molar-refractivity contribution < 1.29 is 14.7 Å². The summed E-state index contributed by atoms with van der Waals surface area (Å²) in [5.41, 5.74) is 1.87. The first-order valence-electron chi connectivity index (χ1n) is 6.38. The minimum Gasteiger partial charge on any atom is -0.480 e. The molecule has 0 fully saturated rings. The van der Waals surface area contributed by atoms with E-state index >= 15 is 0 Å². The van der Waals surface area contributed by atoms with Gasteiger partial charge in [-0.3, -0.25) is 9.78 Å². The standard InChI is InChI=1S/C15H15BrN2O3/c1-8-6-12(14(19)18(3)9(2)15(20)21)11-7-10(16)4-5-13(11)17-8/h4-7,9H,1-3H3,(H,20,21). The Labute approximate surface area is 130 Å². The number of carboxylic acid groups (broad SMARTS) is 1. The summed E-state index contributed by atoms with van der Waals surface area (Å²) >= 11 is 3.38. The topological polar surface area (TPSA) is 70.5 Å². The lowest BCUT2D eigenvalue weighted by molar-refractivity contribution is -0.141. The highest BCUT2D eigenvalue weighted by Gasteiger charge is 2.24. The van der Waals surface area contributed by atoms with E-state index in [9.17, 15) is 9.59 Å². The fourth-order valence-electron chi connectivity index (χ4n) is 2.04. The molecule has 0 saturated heterocycles. The van der Waals surface area contributed by atoms with Crippen molar-refractivity contribution >= 4 is 38.7 Å². The van der Waals surface area contributed by atoms with Crippen LogP contribution in [0.1, 0.15) is 23.0 Å². The number of benzene rings is 1. The van der Waals surface area contributed by atoms with E-state index in [1.807, 2.05) is 18.2 Å². The van der Waals surface area contributed by atoms with E-state index in [0.717, 1.165) is 4.47 Å². The maximum absolute atomic E-state index is 12.6. The number of aromatic nitrogens is 1. The predicted molar refractivity (Wildman–Crippen MR) is 83.4 cm³/mol. The van der Waals surface area contributed by atoms with Crippen LogP contribution in [0, 0.1) is 6.92 Å². The molecule has 0 aliphatic heterocycles. The minimum absolute atomic E-state index is 0.335. The molecule has 1 heterocycles. The quantitative estimate of drug-likeness (QED) is 0.923. The van der Waals surface area contributed by atoms with Crippen LogP contribution in [0.2, 0.25) is 0 Å². The van der Waals surface area contributed by atoms with E-state index in [1.54, 1.807) is 13.0 Å². The zero-order valence-electron chi connectivity index (χ0n) is 11.9. The van der Waals surface area contributed by atoms with Crippen LogP contribution in [-0.4, -0.2) is 40.0 Å². The highest BCUT2D eigenvalue weighted by molar-refractivity contribution is 9.10. The maximum Gasteiger partial charge on any atom is 0.326 e. The molecule has 1 amide bonds. The molecule has 1 N–H and O–H groups in total. The Morgan fingerprint density at radius 3 is 2.62 bits per heavy atom. The Balaban J connectivity index is 2.57. The van der Waals surface area contributed by atoms with E-state index in [1.165, 1.54) is 18.9 Å². The first kappa shape index (κ1) is 15.4. The van der Waals surface area contributed by atoms with E-state index in [4.69, 9.17) is 5.11 Å². The molecular weight excluding hydrogens is 336 g/mol. The molecule has 1 unspecified atom stereocenters. The Hall–Kier alpha value is -1.95. The van der Waals surface area contributed by atoms with Gasteiger partial charge < -0.3 is 10.0 Å². The molecule has 1 aromatic carbocycles. The van der Waals surface area contributed by atoms with Gasteiger partial charge in [-0.1, -0.05) is 15.9 Å². The van der Waals surface area contributed by atoms with E-state index in [2.05, 4.69) is 20.9 Å². The fraction of sp³-hybridized carbons (Fsp3) is 0.267. The van der Waals surface area contributed by atoms with Crippen molar-refractivity contribution in [1.82, 2.24) is 9.88 Å². The highest BCUT2D eigenvalue weighted by atomic mass is 79.9. The van der Waals surface area contributed by atoms with Crippen LogP contribution in [0.3, 0.4) is 0 Å². The number of carbonyl (C=O) groups is 2. The Morgan fingerprint density at radius 1 is 1.33 bits per heavy atom. The summed E-state index contributed by atoms with van der Waals surface area (Å²) in [5.74, 6) is -1.37. The molecule has 6 heteroatoms. The van der Waals surface area contributed by atoms with Crippen molar-refractivity contribution in [1.29, 1.82) is 0 Å². The summed E-state index contributed by atoms with van der Waals surface area (Å²) < 4.78 is 0.837. The van der Waals surface area contributed by atoms with Crippen molar-refractivity contribution in [2.45, 2.75) is 19.9 Å². The van der Waals surface area contributed by atoms with E-state index in [0.29, 0.717) is 22.2 Å². The summed E-state index contributed by atoms with van der Waals surface area (Å²) in [5, 5.41) is 9.74. The molecule has 0 spiro atoms. The third kappa shape index (κ3) is 3.05. The average Bonchev–Trinajstić information content (AvgIpc) is 2.44. The van der Waals surface area contributed by atoms with Crippen LogP contribution < -0.4 is 0 Å². The zero-order valence-corrected chi connectivity index (χ0v) is 13.5. The minimum atomic E-state index is -1.04. The number of halogens is 1. The Kier molecular flexibility index (Phi) is 4.27. The molecule has 21 heavy (non-hydrogen) atoms. The summed E-state index contributed by atoms with van der Waals surface area (Å²) in [4.78, 5) is 29.2. The van der Waals surface area contributed by atoms with Gasteiger partial charge in [0.05, 0.1) is 11.1 Å². The monoisotopic (exact) mass is 350 g/mol. The Morgan fingerprint density at radius 2 is 2.00 bits per heavy atom. The van der Waals surface area contributed by atoms with E-state index in [-0.39, 0.29) is 5.91 Å². The number of likely N-dealkylation sites (N-methyl/N-ethyl adjacent to an activating group) is 1. The number of nitrogens with zero attached hydrogens (tertiary/aromatic N) is 2. The maximum atomic E-state index is 12.6. The van der Waals surface area contributed by atoms with Crippen LogP contribution in [0.15, 0.2) is 28.7 Å². The van der Waals surface area contributed by atoms with Gasteiger partial charge in [-0.2, -0.15) is 0 Å². The van der Waals surface area contributed by atoms with Gasteiger partial charge >= 0.3 is 5.97 Å². The number of aliphatic carboxylic acids is 1. The summed E-state index contributed by atoms with van der Waals surface area (Å²) in [6, 6.07) is 6.28. The average molecular weight is 351 g/mol. The lowest BCUT2D eigenvalue weighted by atomic mass is 10.1. The van der Waals surface area contributed by atoms with Gasteiger partial charge in [0.15, 0.2) is 0 Å². The number of aryl methyl sites for hydroxylation is 1. The fourth-order valence-corrected chi connectivity index (χ4v) is 2.40. The number of hydrogen-bond donors (Lipinski definition) is 1. The van der Waals surface area contributed by atoms with Crippen molar-refractivity contribution in [2.24, 2.45) is 0 Å². The second-order valence-electron chi connectivity index (χ2n) is 4.90. The van der Waals surface area contributed by atoms with Gasteiger partial charge in [-0.15, -0.1) is 0 Å². The number of pyridine rings is 1. The SMILES string of the molecule is Cc1cc(C(=O)N(C)C(C)C(=O)O)c2cc(Br)ccc2n1. The van der Waals surface area contributed by atoms with E-state index < -0.39 is 12.0 Å². The molecule has 0 bridgehead atoms. The molecule has 0 aliphatic rings. The summed E-state index contributed by atoms with van der Waals surface area (Å²) in [6.07, 6.45) is 0. The molecule has 0 radical (unpaired) electrons. The molecule has 0 saturated carbocycles. The number of amides is 1. The number of rotatable bonds is 3. The van der Waals surface area contributed by atoms with Crippen molar-refractivity contribution in [3.63, 3.8) is 0 Å². The molecule has 0 aliphatic carbocycles. The second-order valence-corrected chi connectivity index (χ2v) is 5.82. The number of hydrogen-bond acceptors (Lipinski definition) is 3. The smallest absolute Gasteiger partial charge is 0.326 e. The number of fused-ring (bicyclic) bond motifs is 1. The van der Waals surface area contributed by atoms with Gasteiger partial charge in [0.25, 0.3) is 5.91 Å². The zero-order chi connectivity index (χ0) is 15.7. The molecule has 1 atom stereocenters. The van der Waals surface area contributed by atoms with Gasteiger partial charge in [0.1, 0.15) is 6.04 Å². The van der Waals surface area contributed by atoms with Crippen LogP contribution in [0.5, 0.6) is 0 Å². The number of carboxylic acids is 1. The van der Waals surface area contributed by atoms with Crippen LogP contribution in [0.25, 0.3) is 10.9 Å². The third-order valence-electron chi connectivity index (χ3n) is 3.39.